The number of carbonyl (C=O) groups is 1. The number of nitrogens with zero attached hydrogens (tertiary/aromatic N) is 3. The molecule has 1 fully saturated rings. The van der Waals surface area contributed by atoms with Gasteiger partial charge in [0.2, 0.25) is 10.0 Å². The molecule has 8 nitrogen and oxygen atoms in total. The molecule has 1 saturated heterocycles. The maximum absolute atomic E-state index is 12.6. The van der Waals surface area contributed by atoms with E-state index in [1.165, 1.54) is 24.3 Å². The van der Waals surface area contributed by atoms with Crippen molar-refractivity contribution in [3.05, 3.63) is 76.1 Å². The van der Waals surface area contributed by atoms with Crippen LogP contribution in [0.2, 0.25) is 0 Å². The van der Waals surface area contributed by atoms with E-state index in [1.54, 1.807) is 17.5 Å². The van der Waals surface area contributed by atoms with Crippen molar-refractivity contribution in [2.24, 2.45) is 0 Å². The second-order valence-corrected chi connectivity index (χ2v) is 11.0. The molecule has 4 rings (SSSR count). The van der Waals surface area contributed by atoms with Crippen LogP contribution in [0.5, 0.6) is 0 Å². The van der Waals surface area contributed by atoms with Crippen LogP contribution >= 0.6 is 11.3 Å². The molecule has 3 aromatic rings. The molecular weight excluding hydrogens is 470 g/mol. The minimum atomic E-state index is -3.62. The second kappa shape index (κ2) is 11.1. The van der Waals surface area contributed by atoms with Gasteiger partial charge in [0.15, 0.2) is 0 Å². The Hall–Kier alpha value is -2.79. The van der Waals surface area contributed by atoms with Crippen LogP contribution in [0.25, 0.3) is 0 Å². The molecule has 34 heavy (non-hydrogen) atoms. The fourth-order valence-electron chi connectivity index (χ4n) is 3.70. The van der Waals surface area contributed by atoms with Crippen molar-refractivity contribution in [1.82, 2.24) is 19.9 Å². The Balaban J connectivity index is 1.30. The van der Waals surface area contributed by atoms with Gasteiger partial charge in [-0.2, -0.15) is 0 Å². The van der Waals surface area contributed by atoms with Gasteiger partial charge in [-0.05, 0) is 66.9 Å². The lowest BCUT2D eigenvalue weighted by atomic mass is 10.2. The number of hydrogen-bond donors (Lipinski definition) is 2. The number of benzene rings is 1. The van der Waals surface area contributed by atoms with Gasteiger partial charge in [0.25, 0.3) is 5.91 Å². The molecule has 0 saturated carbocycles. The third-order valence-corrected chi connectivity index (χ3v) is 8.17. The van der Waals surface area contributed by atoms with E-state index in [1.807, 2.05) is 29.6 Å². The van der Waals surface area contributed by atoms with E-state index < -0.39 is 10.0 Å². The monoisotopic (exact) mass is 499 g/mol. The van der Waals surface area contributed by atoms with Crippen molar-refractivity contribution >= 4 is 33.1 Å². The van der Waals surface area contributed by atoms with Gasteiger partial charge in [-0.1, -0.05) is 6.07 Å². The number of aromatic nitrogens is 1. The minimum absolute atomic E-state index is 0.140. The average Bonchev–Trinajstić information content (AvgIpc) is 3.37. The van der Waals surface area contributed by atoms with Gasteiger partial charge in [-0.25, -0.2) is 18.1 Å². The van der Waals surface area contributed by atoms with E-state index >= 15 is 0 Å². The largest absolute Gasteiger partial charge is 0.354 e. The molecule has 1 aliphatic rings. The summed E-state index contributed by atoms with van der Waals surface area (Å²) < 4.78 is 27.6. The number of pyridine rings is 1. The highest BCUT2D eigenvalue weighted by molar-refractivity contribution is 7.89. The number of carbonyl (C=O) groups excluding carboxylic acids is 1. The van der Waals surface area contributed by atoms with E-state index in [0.29, 0.717) is 25.1 Å². The molecule has 1 aromatic carbocycles. The van der Waals surface area contributed by atoms with Crippen molar-refractivity contribution in [2.45, 2.75) is 17.9 Å². The van der Waals surface area contributed by atoms with Gasteiger partial charge in [0, 0.05) is 55.9 Å². The van der Waals surface area contributed by atoms with Crippen LogP contribution in [0.4, 0.5) is 5.82 Å². The second-order valence-electron chi connectivity index (χ2n) is 8.25. The van der Waals surface area contributed by atoms with Crippen LogP contribution < -0.4 is 14.9 Å². The predicted molar refractivity (Wildman–Crippen MR) is 135 cm³/mol. The highest BCUT2D eigenvalue weighted by atomic mass is 32.2. The van der Waals surface area contributed by atoms with Crippen LogP contribution in [-0.2, 0) is 23.0 Å². The first-order chi connectivity index (χ1) is 16.4. The van der Waals surface area contributed by atoms with E-state index in [0.717, 1.165) is 42.4 Å². The lowest BCUT2D eigenvalue weighted by Gasteiger charge is -2.33. The van der Waals surface area contributed by atoms with Crippen LogP contribution in [0.1, 0.15) is 20.8 Å². The Morgan fingerprint density at radius 3 is 2.56 bits per heavy atom. The molecule has 2 N–H and O–H groups in total. The standard InChI is InChI=1S/C24H29N5O3S2/c1-28-12-14-29(15-13-28)23-17-19(8-10-25-23)18-26-24(30)20-4-6-22(7-5-20)34(31,32)27-11-9-21-3-2-16-33-21/h2-8,10,16-17,27H,9,11-15,18H2,1H3,(H,26,30). The molecule has 0 aliphatic carbocycles. The number of sulfonamides is 1. The Morgan fingerprint density at radius 2 is 1.85 bits per heavy atom. The van der Waals surface area contributed by atoms with Crippen LogP contribution in [-0.4, -0.2) is 64.0 Å². The fourth-order valence-corrected chi connectivity index (χ4v) is 5.44. The Kier molecular flexibility index (Phi) is 7.94. The van der Waals surface area contributed by atoms with Crippen molar-refractivity contribution in [2.75, 3.05) is 44.7 Å². The SMILES string of the molecule is CN1CCN(c2cc(CNC(=O)c3ccc(S(=O)(=O)NCCc4cccs4)cc3)ccn2)CC1. The summed E-state index contributed by atoms with van der Waals surface area (Å²) >= 11 is 1.60. The highest BCUT2D eigenvalue weighted by Crippen LogP contribution is 2.16. The van der Waals surface area contributed by atoms with Crippen LogP contribution in [0, 0.1) is 0 Å². The summed E-state index contributed by atoms with van der Waals surface area (Å²) in [6, 6.07) is 13.8. The summed E-state index contributed by atoms with van der Waals surface area (Å²) in [7, 11) is -1.51. The zero-order valence-corrected chi connectivity index (χ0v) is 20.7. The molecule has 10 heteroatoms. The molecule has 0 bridgehead atoms. The van der Waals surface area contributed by atoms with Gasteiger partial charge in [-0.15, -0.1) is 11.3 Å². The third kappa shape index (κ3) is 6.41. The summed E-state index contributed by atoms with van der Waals surface area (Å²) in [5.41, 5.74) is 1.37. The number of nitrogens with one attached hydrogen (secondary N) is 2. The number of likely N-dealkylation sites (N-methyl/N-ethyl adjacent to an activating group) is 1. The molecule has 1 amide bonds. The van der Waals surface area contributed by atoms with Crippen LogP contribution in [0.3, 0.4) is 0 Å². The Bertz CT molecular complexity index is 1190. The average molecular weight is 500 g/mol. The fraction of sp³-hybridized carbons (Fsp3) is 0.333. The number of rotatable bonds is 9. The summed E-state index contributed by atoms with van der Waals surface area (Å²) in [5.74, 6) is 0.661. The first-order valence-corrected chi connectivity index (χ1v) is 13.6. The maximum Gasteiger partial charge on any atom is 0.251 e. The zero-order chi connectivity index (χ0) is 24.0. The topological polar surface area (TPSA) is 94.6 Å². The minimum Gasteiger partial charge on any atom is -0.354 e. The van der Waals surface area contributed by atoms with Gasteiger partial charge in [-0.3, -0.25) is 4.79 Å². The number of thiophene rings is 1. The number of piperazine rings is 1. The van der Waals surface area contributed by atoms with Crippen molar-refractivity contribution in [3.8, 4) is 0 Å². The van der Waals surface area contributed by atoms with Crippen molar-refractivity contribution < 1.29 is 13.2 Å². The molecule has 2 aromatic heterocycles. The van der Waals surface area contributed by atoms with Gasteiger partial charge < -0.3 is 15.1 Å². The predicted octanol–water partition coefficient (Wildman–Crippen LogP) is 2.35. The van der Waals surface area contributed by atoms with Gasteiger partial charge in [0.05, 0.1) is 4.90 Å². The Labute approximate surface area is 204 Å². The number of amides is 1. The third-order valence-electron chi connectivity index (χ3n) is 5.76. The molecule has 3 heterocycles. The normalized spacial score (nSPS) is 14.8. The van der Waals surface area contributed by atoms with Crippen molar-refractivity contribution in [1.29, 1.82) is 0 Å². The van der Waals surface area contributed by atoms with E-state index in [9.17, 15) is 13.2 Å². The van der Waals surface area contributed by atoms with Gasteiger partial charge in [0.1, 0.15) is 5.82 Å². The summed E-state index contributed by atoms with van der Waals surface area (Å²) in [6.07, 6.45) is 2.41. The molecule has 0 atom stereocenters. The smallest absolute Gasteiger partial charge is 0.251 e. The highest BCUT2D eigenvalue weighted by Gasteiger charge is 2.17. The lowest BCUT2D eigenvalue weighted by molar-refractivity contribution is 0.0951. The summed E-state index contributed by atoms with van der Waals surface area (Å²) in [5, 5.41) is 4.87. The summed E-state index contributed by atoms with van der Waals surface area (Å²) in [4.78, 5) is 22.9. The zero-order valence-electron chi connectivity index (χ0n) is 19.1. The molecule has 0 radical (unpaired) electrons. The molecule has 0 unspecified atom stereocenters. The number of hydrogen-bond acceptors (Lipinski definition) is 7. The van der Waals surface area contributed by atoms with Crippen LogP contribution in [0.15, 0.2) is 65.0 Å². The molecular formula is C24H29N5O3S2. The van der Waals surface area contributed by atoms with Crippen molar-refractivity contribution in [3.63, 3.8) is 0 Å². The van der Waals surface area contributed by atoms with Gasteiger partial charge >= 0.3 is 0 Å². The molecule has 1 aliphatic heterocycles. The first kappa shape index (κ1) is 24.3. The first-order valence-electron chi connectivity index (χ1n) is 11.2. The lowest BCUT2D eigenvalue weighted by Crippen LogP contribution is -2.44. The molecule has 0 spiro atoms. The van der Waals surface area contributed by atoms with E-state index in [-0.39, 0.29) is 10.8 Å². The number of anilines is 1. The Morgan fingerprint density at radius 1 is 1.09 bits per heavy atom. The summed E-state index contributed by atoms with van der Waals surface area (Å²) in [6.45, 7) is 4.55. The molecule has 180 valence electrons. The quantitative estimate of drug-likeness (QED) is 0.469. The van der Waals surface area contributed by atoms with E-state index in [2.05, 4.69) is 31.9 Å². The maximum atomic E-state index is 12.6. The van der Waals surface area contributed by atoms with E-state index in [4.69, 9.17) is 0 Å².